The molecule has 0 aromatic heterocycles. The summed E-state index contributed by atoms with van der Waals surface area (Å²) in [6.07, 6.45) is 0.513. The number of hydrogen-bond donors (Lipinski definition) is 0. The van der Waals surface area contributed by atoms with Crippen LogP contribution in [0, 0.1) is 10.1 Å². The van der Waals surface area contributed by atoms with Crippen LogP contribution in [0.15, 0.2) is 12.1 Å². The first-order valence-electron chi connectivity index (χ1n) is 4.92. The van der Waals surface area contributed by atoms with Crippen LogP contribution in [0.3, 0.4) is 0 Å². The minimum Gasteiger partial charge on any atom is -0.487 e. The Kier molecular flexibility index (Phi) is 3.92. The van der Waals surface area contributed by atoms with Gasteiger partial charge < -0.3 is 4.74 Å². The summed E-state index contributed by atoms with van der Waals surface area (Å²) >= 11 is 0. The SMILES string of the molecule is CCOc1cc(C=O)cc(C(C)=O)c1[N+](=O)[O-]. The van der Waals surface area contributed by atoms with Crippen molar-refractivity contribution >= 4 is 17.8 Å². The Labute approximate surface area is 97.3 Å². The number of rotatable bonds is 5. The third-order valence-electron chi connectivity index (χ3n) is 2.10. The molecule has 6 nitrogen and oxygen atoms in total. The number of ketones is 1. The van der Waals surface area contributed by atoms with E-state index in [1.165, 1.54) is 19.1 Å². The van der Waals surface area contributed by atoms with Crippen molar-refractivity contribution in [3.05, 3.63) is 33.4 Å². The Morgan fingerprint density at radius 2 is 2.18 bits per heavy atom. The van der Waals surface area contributed by atoms with Crippen LogP contribution in [-0.4, -0.2) is 23.6 Å². The second-order valence-electron chi connectivity index (χ2n) is 3.28. The van der Waals surface area contributed by atoms with E-state index in [9.17, 15) is 19.7 Å². The average molecular weight is 237 g/mol. The maximum atomic E-state index is 11.3. The standard InChI is InChI=1S/C11H11NO5/c1-3-17-10-5-8(6-13)4-9(7(2)14)11(10)12(15)16/h4-6H,3H2,1-2H3. The molecule has 90 valence electrons. The summed E-state index contributed by atoms with van der Waals surface area (Å²) in [5, 5.41) is 10.9. The summed E-state index contributed by atoms with van der Waals surface area (Å²) in [5.41, 5.74) is -0.350. The minimum atomic E-state index is -0.684. The highest BCUT2D eigenvalue weighted by atomic mass is 16.6. The zero-order valence-electron chi connectivity index (χ0n) is 9.43. The molecule has 0 aliphatic carbocycles. The summed E-state index contributed by atoms with van der Waals surface area (Å²) in [6.45, 7) is 3.07. The molecule has 6 heteroatoms. The predicted octanol–water partition coefficient (Wildman–Crippen LogP) is 2.01. The first-order valence-corrected chi connectivity index (χ1v) is 4.92. The largest absolute Gasteiger partial charge is 0.487 e. The van der Waals surface area contributed by atoms with Crippen molar-refractivity contribution in [1.29, 1.82) is 0 Å². The van der Waals surface area contributed by atoms with E-state index in [1.54, 1.807) is 6.92 Å². The molecule has 0 saturated heterocycles. The molecule has 0 atom stereocenters. The Bertz CT molecular complexity index is 481. The lowest BCUT2D eigenvalue weighted by atomic mass is 10.1. The van der Waals surface area contributed by atoms with Crippen molar-refractivity contribution in [3.8, 4) is 5.75 Å². The number of aldehydes is 1. The molecule has 1 rings (SSSR count). The lowest BCUT2D eigenvalue weighted by Crippen LogP contribution is -2.05. The molecule has 0 amide bonds. The van der Waals surface area contributed by atoms with Crippen LogP contribution in [0.1, 0.15) is 34.6 Å². The lowest BCUT2D eigenvalue weighted by molar-refractivity contribution is -0.386. The highest BCUT2D eigenvalue weighted by Gasteiger charge is 2.24. The quantitative estimate of drug-likeness (QED) is 0.338. The summed E-state index contributed by atoms with van der Waals surface area (Å²) < 4.78 is 5.08. The molecule has 1 aromatic rings. The van der Waals surface area contributed by atoms with Crippen LogP contribution in [-0.2, 0) is 0 Å². The minimum absolute atomic E-state index is 0.0627. The van der Waals surface area contributed by atoms with Crippen LogP contribution >= 0.6 is 0 Å². The molecule has 0 saturated carbocycles. The van der Waals surface area contributed by atoms with Gasteiger partial charge in [0, 0.05) is 5.56 Å². The van der Waals surface area contributed by atoms with Gasteiger partial charge in [-0.05, 0) is 26.0 Å². The van der Waals surface area contributed by atoms with Crippen LogP contribution < -0.4 is 4.74 Å². The maximum absolute atomic E-state index is 11.3. The van der Waals surface area contributed by atoms with E-state index in [1.807, 2.05) is 0 Å². The van der Waals surface area contributed by atoms with Crippen molar-refractivity contribution < 1.29 is 19.2 Å². The van der Waals surface area contributed by atoms with E-state index in [0.717, 1.165) is 0 Å². The third kappa shape index (κ3) is 2.66. The van der Waals surface area contributed by atoms with Gasteiger partial charge in [-0.1, -0.05) is 0 Å². The maximum Gasteiger partial charge on any atom is 0.321 e. The first-order chi connectivity index (χ1) is 8.01. The number of Topliss-reactive ketones (excluding diaryl/α,β-unsaturated/α-hetero) is 1. The molecule has 0 aliphatic rings. The van der Waals surface area contributed by atoms with Crippen molar-refractivity contribution in [1.82, 2.24) is 0 Å². The van der Waals surface area contributed by atoms with Gasteiger partial charge in [-0.25, -0.2) is 0 Å². The number of ether oxygens (including phenoxy) is 1. The molecule has 0 unspecified atom stereocenters. The molecular formula is C11H11NO5. The van der Waals surface area contributed by atoms with E-state index in [-0.39, 0.29) is 23.5 Å². The molecule has 0 heterocycles. The Hall–Kier alpha value is -2.24. The van der Waals surface area contributed by atoms with Gasteiger partial charge in [-0.3, -0.25) is 19.7 Å². The van der Waals surface area contributed by atoms with Gasteiger partial charge in [0.1, 0.15) is 6.29 Å². The second kappa shape index (κ2) is 5.20. The van der Waals surface area contributed by atoms with Crippen LogP contribution in [0.4, 0.5) is 5.69 Å². The summed E-state index contributed by atoms with van der Waals surface area (Å²) in [4.78, 5) is 32.2. The van der Waals surface area contributed by atoms with Crippen LogP contribution in [0.25, 0.3) is 0 Å². The predicted molar refractivity (Wildman–Crippen MR) is 59.7 cm³/mol. The molecule has 0 fully saturated rings. The van der Waals surface area contributed by atoms with Gasteiger partial charge in [0.25, 0.3) is 0 Å². The molecule has 0 radical (unpaired) electrons. The number of hydrogen-bond acceptors (Lipinski definition) is 5. The molecule has 0 aliphatic heterocycles. The fraction of sp³-hybridized carbons (Fsp3) is 0.273. The van der Waals surface area contributed by atoms with Crippen molar-refractivity contribution in [2.24, 2.45) is 0 Å². The van der Waals surface area contributed by atoms with E-state index >= 15 is 0 Å². The Morgan fingerprint density at radius 3 is 2.59 bits per heavy atom. The van der Waals surface area contributed by atoms with E-state index in [4.69, 9.17) is 4.74 Å². The van der Waals surface area contributed by atoms with Gasteiger partial charge in [0.2, 0.25) is 0 Å². The normalized spacial score (nSPS) is 9.76. The molecule has 0 spiro atoms. The second-order valence-corrected chi connectivity index (χ2v) is 3.28. The van der Waals surface area contributed by atoms with Gasteiger partial charge in [-0.2, -0.15) is 0 Å². The zero-order chi connectivity index (χ0) is 13.0. The van der Waals surface area contributed by atoms with E-state index in [0.29, 0.717) is 6.29 Å². The first kappa shape index (κ1) is 12.8. The fourth-order valence-electron chi connectivity index (χ4n) is 1.42. The summed E-state index contributed by atoms with van der Waals surface area (Å²) in [7, 11) is 0. The van der Waals surface area contributed by atoms with Crippen molar-refractivity contribution in [3.63, 3.8) is 0 Å². The van der Waals surface area contributed by atoms with E-state index in [2.05, 4.69) is 0 Å². The topological polar surface area (TPSA) is 86.5 Å². The highest BCUT2D eigenvalue weighted by molar-refractivity contribution is 6.00. The van der Waals surface area contributed by atoms with Crippen LogP contribution in [0.5, 0.6) is 5.75 Å². The molecular weight excluding hydrogens is 226 g/mol. The van der Waals surface area contributed by atoms with E-state index < -0.39 is 16.4 Å². The molecule has 17 heavy (non-hydrogen) atoms. The number of carbonyl (C=O) groups is 2. The number of benzene rings is 1. The molecule has 0 bridgehead atoms. The molecule has 1 aromatic carbocycles. The number of nitro benzene ring substituents is 1. The number of nitro groups is 1. The van der Waals surface area contributed by atoms with Gasteiger partial charge in [-0.15, -0.1) is 0 Å². The fourth-order valence-corrected chi connectivity index (χ4v) is 1.42. The third-order valence-corrected chi connectivity index (χ3v) is 2.10. The monoisotopic (exact) mass is 237 g/mol. The Morgan fingerprint density at radius 1 is 1.53 bits per heavy atom. The highest BCUT2D eigenvalue weighted by Crippen LogP contribution is 2.32. The number of carbonyl (C=O) groups excluding carboxylic acids is 2. The van der Waals surface area contributed by atoms with Crippen molar-refractivity contribution in [2.45, 2.75) is 13.8 Å². The molecule has 0 N–H and O–H groups in total. The number of nitrogens with zero attached hydrogens (tertiary/aromatic N) is 1. The zero-order valence-corrected chi connectivity index (χ0v) is 9.43. The lowest BCUT2D eigenvalue weighted by Gasteiger charge is -2.07. The van der Waals surface area contributed by atoms with Crippen LogP contribution in [0.2, 0.25) is 0 Å². The summed E-state index contributed by atoms with van der Waals surface area (Å²) in [5.74, 6) is -0.548. The smallest absolute Gasteiger partial charge is 0.321 e. The Balaban J connectivity index is 3.54. The summed E-state index contributed by atoms with van der Waals surface area (Å²) in [6, 6.07) is 2.44. The van der Waals surface area contributed by atoms with Crippen molar-refractivity contribution in [2.75, 3.05) is 6.61 Å². The van der Waals surface area contributed by atoms with Gasteiger partial charge in [0.15, 0.2) is 11.5 Å². The van der Waals surface area contributed by atoms with Gasteiger partial charge in [0.05, 0.1) is 17.1 Å². The average Bonchev–Trinajstić information content (AvgIpc) is 2.27. The van der Waals surface area contributed by atoms with Gasteiger partial charge >= 0.3 is 5.69 Å².